The van der Waals surface area contributed by atoms with E-state index < -0.39 is 6.09 Å². The summed E-state index contributed by atoms with van der Waals surface area (Å²) in [4.78, 5) is 15.8. The molecule has 1 aromatic heterocycles. The van der Waals surface area contributed by atoms with Crippen LogP contribution < -0.4 is 10.1 Å². The van der Waals surface area contributed by atoms with Gasteiger partial charge in [0.2, 0.25) is 0 Å². The van der Waals surface area contributed by atoms with Gasteiger partial charge in [-0.05, 0) is 31.2 Å². The minimum atomic E-state index is -0.487. The van der Waals surface area contributed by atoms with Crippen LogP contribution in [0.25, 0.3) is 0 Å². The Morgan fingerprint density at radius 3 is 2.56 bits per heavy atom. The van der Waals surface area contributed by atoms with Crippen LogP contribution in [0.5, 0.6) is 5.75 Å². The molecule has 1 heterocycles. The predicted molar refractivity (Wildman–Crippen MR) is 68.3 cm³/mol. The van der Waals surface area contributed by atoms with E-state index >= 15 is 0 Å². The number of amides is 1. The molecule has 2 rings (SSSR count). The molecule has 1 aromatic carbocycles. The molecule has 0 bridgehead atoms. The number of ether oxygens (including phenoxy) is 1. The minimum Gasteiger partial charge on any atom is -0.410 e. The maximum atomic E-state index is 11.6. The zero-order valence-corrected chi connectivity index (χ0v) is 10.0. The largest absolute Gasteiger partial charge is 0.413 e. The summed E-state index contributed by atoms with van der Waals surface area (Å²) in [6.07, 6.45) is 1.20. The van der Waals surface area contributed by atoms with Gasteiger partial charge in [-0.3, -0.25) is 4.98 Å². The summed E-state index contributed by atoms with van der Waals surface area (Å²) in [6, 6.07) is 14.3. The molecule has 1 amide bonds. The van der Waals surface area contributed by atoms with E-state index in [1.165, 1.54) is 0 Å². The molecule has 0 fully saturated rings. The Hall–Kier alpha value is -2.36. The Balaban J connectivity index is 1.92. The van der Waals surface area contributed by atoms with Crippen LogP contribution in [-0.2, 0) is 0 Å². The van der Waals surface area contributed by atoms with E-state index in [2.05, 4.69) is 10.3 Å². The summed E-state index contributed by atoms with van der Waals surface area (Å²) in [5, 5.41) is 2.72. The van der Waals surface area contributed by atoms with Gasteiger partial charge < -0.3 is 10.1 Å². The van der Waals surface area contributed by atoms with Gasteiger partial charge in [0.15, 0.2) is 0 Å². The maximum Gasteiger partial charge on any atom is 0.413 e. The number of nitrogens with one attached hydrogen (secondary N) is 1. The van der Waals surface area contributed by atoms with Crippen molar-refractivity contribution in [2.24, 2.45) is 0 Å². The second-order valence-corrected chi connectivity index (χ2v) is 3.82. The number of hydrogen-bond donors (Lipinski definition) is 1. The average molecular weight is 242 g/mol. The molecule has 18 heavy (non-hydrogen) atoms. The van der Waals surface area contributed by atoms with E-state index in [0.717, 1.165) is 5.69 Å². The first-order valence-corrected chi connectivity index (χ1v) is 5.70. The molecule has 0 aliphatic carbocycles. The Morgan fingerprint density at radius 1 is 1.17 bits per heavy atom. The molecule has 0 spiro atoms. The lowest BCUT2D eigenvalue weighted by Gasteiger charge is -2.13. The summed E-state index contributed by atoms with van der Waals surface area (Å²) >= 11 is 0. The van der Waals surface area contributed by atoms with Crippen molar-refractivity contribution in [2.75, 3.05) is 0 Å². The van der Waals surface area contributed by atoms with Crippen molar-refractivity contribution in [3.8, 4) is 5.75 Å². The van der Waals surface area contributed by atoms with E-state index in [1.54, 1.807) is 18.3 Å². The molecule has 0 unspecified atom stereocenters. The quantitative estimate of drug-likeness (QED) is 0.900. The molecule has 0 saturated carbocycles. The molecule has 0 saturated heterocycles. The minimum absolute atomic E-state index is 0.192. The Labute approximate surface area is 106 Å². The fourth-order valence-electron chi connectivity index (χ4n) is 1.51. The van der Waals surface area contributed by atoms with Crippen LogP contribution >= 0.6 is 0 Å². The number of nitrogens with zero attached hydrogens (tertiary/aromatic N) is 1. The molecule has 0 aliphatic heterocycles. The average Bonchev–Trinajstić information content (AvgIpc) is 2.40. The number of aromatic nitrogens is 1. The number of pyridine rings is 1. The van der Waals surface area contributed by atoms with Gasteiger partial charge in [-0.2, -0.15) is 0 Å². The fraction of sp³-hybridized carbons (Fsp3) is 0.143. The molecule has 0 aliphatic rings. The number of carbonyl (C=O) groups is 1. The first-order valence-electron chi connectivity index (χ1n) is 5.70. The van der Waals surface area contributed by atoms with Crippen LogP contribution in [0.1, 0.15) is 18.7 Å². The standard InChI is InChI=1S/C14H14N2O2/c1-11(13-9-5-6-10-15-13)16-14(17)18-12-7-3-2-4-8-12/h2-11H,1H3,(H,16,17)/t11-/m1/s1. The second-order valence-electron chi connectivity index (χ2n) is 3.82. The van der Waals surface area contributed by atoms with Gasteiger partial charge in [-0.1, -0.05) is 24.3 Å². The van der Waals surface area contributed by atoms with Crippen molar-refractivity contribution in [3.63, 3.8) is 0 Å². The van der Waals surface area contributed by atoms with Gasteiger partial charge >= 0.3 is 6.09 Å². The van der Waals surface area contributed by atoms with Crippen LogP contribution in [0.2, 0.25) is 0 Å². The van der Waals surface area contributed by atoms with E-state index in [1.807, 2.05) is 43.3 Å². The van der Waals surface area contributed by atoms with Crippen LogP contribution in [0.4, 0.5) is 4.79 Å². The molecule has 2 aromatic rings. The van der Waals surface area contributed by atoms with Crippen LogP contribution in [0.3, 0.4) is 0 Å². The first-order chi connectivity index (χ1) is 8.75. The third-order valence-corrected chi connectivity index (χ3v) is 2.42. The third kappa shape index (κ3) is 3.31. The van der Waals surface area contributed by atoms with Crippen LogP contribution in [0, 0.1) is 0 Å². The molecule has 4 nitrogen and oxygen atoms in total. The van der Waals surface area contributed by atoms with E-state index in [0.29, 0.717) is 5.75 Å². The van der Waals surface area contributed by atoms with Crippen LogP contribution in [-0.4, -0.2) is 11.1 Å². The number of carbonyl (C=O) groups excluding carboxylic acids is 1. The molecular formula is C14H14N2O2. The van der Waals surface area contributed by atoms with E-state index in [-0.39, 0.29) is 6.04 Å². The number of hydrogen-bond acceptors (Lipinski definition) is 3. The first kappa shape index (κ1) is 12.1. The highest BCUT2D eigenvalue weighted by Gasteiger charge is 2.11. The third-order valence-electron chi connectivity index (χ3n) is 2.42. The number of para-hydroxylation sites is 1. The number of rotatable bonds is 3. The highest BCUT2D eigenvalue weighted by atomic mass is 16.6. The Kier molecular flexibility index (Phi) is 3.91. The monoisotopic (exact) mass is 242 g/mol. The van der Waals surface area contributed by atoms with Gasteiger partial charge in [0, 0.05) is 6.20 Å². The fourth-order valence-corrected chi connectivity index (χ4v) is 1.51. The van der Waals surface area contributed by atoms with Crippen molar-refractivity contribution < 1.29 is 9.53 Å². The Bertz CT molecular complexity index is 500. The molecule has 1 atom stereocenters. The molecule has 92 valence electrons. The lowest BCUT2D eigenvalue weighted by molar-refractivity contribution is 0.196. The van der Waals surface area contributed by atoms with Gasteiger partial charge in [0.25, 0.3) is 0 Å². The van der Waals surface area contributed by atoms with Gasteiger partial charge in [-0.15, -0.1) is 0 Å². The number of benzene rings is 1. The zero-order chi connectivity index (χ0) is 12.8. The smallest absolute Gasteiger partial charge is 0.410 e. The van der Waals surface area contributed by atoms with Crippen molar-refractivity contribution in [1.29, 1.82) is 0 Å². The molecule has 1 N–H and O–H groups in total. The lowest BCUT2D eigenvalue weighted by atomic mass is 10.2. The van der Waals surface area contributed by atoms with Crippen molar-refractivity contribution in [2.45, 2.75) is 13.0 Å². The molecule has 0 radical (unpaired) electrons. The molecule has 4 heteroatoms. The summed E-state index contributed by atoms with van der Waals surface area (Å²) in [7, 11) is 0. The highest BCUT2D eigenvalue weighted by Crippen LogP contribution is 2.11. The Morgan fingerprint density at radius 2 is 1.89 bits per heavy atom. The van der Waals surface area contributed by atoms with Gasteiger partial charge in [0.1, 0.15) is 5.75 Å². The topological polar surface area (TPSA) is 51.2 Å². The SMILES string of the molecule is C[C@@H](NC(=O)Oc1ccccc1)c1ccccn1. The lowest BCUT2D eigenvalue weighted by Crippen LogP contribution is -2.29. The molecular weight excluding hydrogens is 228 g/mol. The van der Waals surface area contributed by atoms with Gasteiger partial charge in [-0.25, -0.2) is 4.79 Å². The summed E-state index contributed by atoms with van der Waals surface area (Å²) in [5.74, 6) is 0.517. The van der Waals surface area contributed by atoms with Gasteiger partial charge in [0.05, 0.1) is 11.7 Å². The van der Waals surface area contributed by atoms with Crippen molar-refractivity contribution in [3.05, 3.63) is 60.4 Å². The zero-order valence-electron chi connectivity index (χ0n) is 10.0. The normalized spacial score (nSPS) is 11.6. The summed E-state index contributed by atoms with van der Waals surface area (Å²) in [6.45, 7) is 1.86. The predicted octanol–water partition coefficient (Wildman–Crippen LogP) is 2.93. The van der Waals surface area contributed by atoms with Crippen molar-refractivity contribution in [1.82, 2.24) is 10.3 Å². The van der Waals surface area contributed by atoms with E-state index in [4.69, 9.17) is 4.74 Å². The van der Waals surface area contributed by atoms with Crippen molar-refractivity contribution >= 4 is 6.09 Å². The van der Waals surface area contributed by atoms with Crippen LogP contribution in [0.15, 0.2) is 54.7 Å². The maximum absolute atomic E-state index is 11.6. The summed E-state index contributed by atoms with van der Waals surface area (Å²) < 4.78 is 5.13. The highest BCUT2D eigenvalue weighted by molar-refractivity contribution is 5.70. The van der Waals surface area contributed by atoms with E-state index in [9.17, 15) is 4.79 Å². The second kappa shape index (κ2) is 5.82. The summed E-state index contributed by atoms with van der Waals surface area (Å²) in [5.41, 5.74) is 0.794.